The monoisotopic (exact) mass is 301 g/mol. The number of anilines is 2. The first-order valence-electron chi connectivity index (χ1n) is 6.23. The fourth-order valence-corrected chi connectivity index (χ4v) is 2.98. The minimum absolute atomic E-state index is 0.107. The van der Waals surface area contributed by atoms with E-state index in [1.54, 1.807) is 19.1 Å². The summed E-state index contributed by atoms with van der Waals surface area (Å²) < 4.78 is 27.2. The van der Waals surface area contributed by atoms with Gasteiger partial charge in [-0.25, -0.2) is 8.42 Å². The van der Waals surface area contributed by atoms with Gasteiger partial charge in [0.05, 0.1) is 22.2 Å². The Morgan fingerprint density at radius 3 is 2.29 bits per heavy atom. The Hall–Kier alpha value is -2.52. The molecule has 0 unspecified atom stereocenters. The highest BCUT2D eigenvalue weighted by molar-refractivity contribution is 7.92. The molecule has 0 bridgehead atoms. The van der Waals surface area contributed by atoms with Gasteiger partial charge in [-0.2, -0.15) is 5.26 Å². The molecule has 3 N–H and O–H groups in total. The predicted molar refractivity (Wildman–Crippen MR) is 82.3 cm³/mol. The van der Waals surface area contributed by atoms with E-state index in [1.807, 2.05) is 13.0 Å². The Morgan fingerprint density at radius 2 is 1.71 bits per heavy atom. The van der Waals surface area contributed by atoms with E-state index in [2.05, 4.69) is 4.72 Å². The van der Waals surface area contributed by atoms with Crippen molar-refractivity contribution in [2.75, 3.05) is 10.5 Å². The third-order valence-electron chi connectivity index (χ3n) is 3.15. The van der Waals surface area contributed by atoms with Gasteiger partial charge < -0.3 is 5.73 Å². The molecule has 0 saturated carbocycles. The normalized spacial score (nSPS) is 10.9. The maximum Gasteiger partial charge on any atom is 0.261 e. The van der Waals surface area contributed by atoms with Crippen molar-refractivity contribution < 1.29 is 8.42 Å². The molecule has 6 heteroatoms. The fraction of sp³-hybridized carbons (Fsp3) is 0.133. The lowest BCUT2D eigenvalue weighted by atomic mass is 10.1. The Kier molecular flexibility index (Phi) is 3.87. The van der Waals surface area contributed by atoms with Crippen molar-refractivity contribution in [2.24, 2.45) is 0 Å². The van der Waals surface area contributed by atoms with Crippen LogP contribution in [0.25, 0.3) is 0 Å². The van der Waals surface area contributed by atoms with Crippen LogP contribution in [-0.2, 0) is 10.0 Å². The SMILES string of the molecule is Cc1cc(NS(=O)(=O)c2ccc(C#N)cc2)c(C)cc1N. The topological polar surface area (TPSA) is 96.0 Å². The van der Waals surface area contributed by atoms with Crippen LogP contribution in [-0.4, -0.2) is 8.42 Å². The van der Waals surface area contributed by atoms with Crippen molar-refractivity contribution in [3.63, 3.8) is 0 Å². The molecule has 2 aromatic rings. The lowest BCUT2D eigenvalue weighted by molar-refractivity contribution is 0.601. The molecule has 21 heavy (non-hydrogen) atoms. The smallest absolute Gasteiger partial charge is 0.261 e. The molecule has 0 aromatic heterocycles. The largest absolute Gasteiger partial charge is 0.399 e. The Bertz CT molecular complexity index is 819. The molecule has 0 aliphatic carbocycles. The number of nitrogen functional groups attached to an aromatic ring is 1. The maximum atomic E-state index is 12.3. The molecular formula is C15H15N3O2S. The average Bonchev–Trinajstić information content (AvgIpc) is 2.44. The van der Waals surface area contributed by atoms with E-state index in [0.29, 0.717) is 16.9 Å². The van der Waals surface area contributed by atoms with Crippen molar-refractivity contribution in [3.05, 3.63) is 53.1 Å². The average molecular weight is 301 g/mol. The first kappa shape index (κ1) is 14.9. The van der Waals surface area contributed by atoms with Gasteiger partial charge in [0.2, 0.25) is 0 Å². The number of hydrogen-bond donors (Lipinski definition) is 2. The number of nitrogens with zero attached hydrogens (tertiary/aromatic N) is 1. The third kappa shape index (κ3) is 3.15. The molecule has 0 atom stereocenters. The summed E-state index contributed by atoms with van der Waals surface area (Å²) in [4.78, 5) is 0.107. The van der Waals surface area contributed by atoms with Crippen LogP contribution in [0.3, 0.4) is 0 Å². The maximum absolute atomic E-state index is 12.3. The van der Waals surface area contributed by atoms with Gasteiger partial charge in [0.15, 0.2) is 0 Å². The van der Waals surface area contributed by atoms with Gasteiger partial charge in [0.1, 0.15) is 0 Å². The molecule has 108 valence electrons. The van der Waals surface area contributed by atoms with Gasteiger partial charge in [0, 0.05) is 5.69 Å². The molecule has 2 rings (SSSR count). The second-order valence-corrected chi connectivity index (χ2v) is 6.45. The van der Waals surface area contributed by atoms with Crippen LogP contribution in [0.1, 0.15) is 16.7 Å². The quantitative estimate of drug-likeness (QED) is 0.851. The van der Waals surface area contributed by atoms with Crippen LogP contribution in [0.2, 0.25) is 0 Å². The summed E-state index contributed by atoms with van der Waals surface area (Å²) in [5.74, 6) is 0. The van der Waals surface area contributed by atoms with Gasteiger partial charge in [-0.3, -0.25) is 4.72 Å². The minimum atomic E-state index is -3.69. The molecule has 0 fully saturated rings. The molecule has 0 radical (unpaired) electrons. The summed E-state index contributed by atoms with van der Waals surface area (Å²) in [5, 5.41) is 8.73. The van der Waals surface area contributed by atoms with Gasteiger partial charge in [-0.15, -0.1) is 0 Å². The van der Waals surface area contributed by atoms with Gasteiger partial charge in [-0.05, 0) is 61.4 Å². The lowest BCUT2D eigenvalue weighted by Gasteiger charge is -2.12. The van der Waals surface area contributed by atoms with E-state index < -0.39 is 10.0 Å². The van der Waals surface area contributed by atoms with Crippen LogP contribution < -0.4 is 10.5 Å². The zero-order valence-electron chi connectivity index (χ0n) is 11.7. The fourth-order valence-electron chi connectivity index (χ4n) is 1.86. The van der Waals surface area contributed by atoms with Crippen LogP contribution in [0.15, 0.2) is 41.3 Å². The zero-order chi connectivity index (χ0) is 15.6. The summed E-state index contributed by atoms with van der Waals surface area (Å²) >= 11 is 0. The first-order chi connectivity index (χ1) is 9.83. The van der Waals surface area contributed by atoms with Crippen LogP contribution in [0, 0.1) is 25.2 Å². The highest BCUT2D eigenvalue weighted by Gasteiger charge is 2.15. The van der Waals surface area contributed by atoms with Crippen LogP contribution in [0.4, 0.5) is 11.4 Å². The third-order valence-corrected chi connectivity index (χ3v) is 4.53. The van der Waals surface area contributed by atoms with Crippen LogP contribution >= 0.6 is 0 Å². The summed E-state index contributed by atoms with van der Waals surface area (Å²) in [5.41, 5.74) is 8.86. The number of nitrogens with one attached hydrogen (secondary N) is 1. The van der Waals surface area contributed by atoms with Gasteiger partial charge in [0.25, 0.3) is 10.0 Å². The van der Waals surface area contributed by atoms with Crippen molar-refractivity contribution in [2.45, 2.75) is 18.7 Å². The molecule has 2 aromatic carbocycles. The predicted octanol–water partition coefficient (Wildman–Crippen LogP) is 2.56. The second-order valence-electron chi connectivity index (χ2n) is 4.77. The van der Waals surface area contributed by atoms with E-state index in [-0.39, 0.29) is 4.90 Å². The molecule has 0 amide bonds. The number of rotatable bonds is 3. The van der Waals surface area contributed by atoms with Crippen molar-refractivity contribution >= 4 is 21.4 Å². The highest BCUT2D eigenvalue weighted by Crippen LogP contribution is 2.24. The number of sulfonamides is 1. The van der Waals surface area contributed by atoms with E-state index in [1.165, 1.54) is 24.3 Å². The van der Waals surface area contributed by atoms with E-state index >= 15 is 0 Å². The second kappa shape index (κ2) is 5.46. The van der Waals surface area contributed by atoms with Gasteiger partial charge in [-0.1, -0.05) is 0 Å². The van der Waals surface area contributed by atoms with E-state index in [9.17, 15) is 8.42 Å². The molecule has 5 nitrogen and oxygen atoms in total. The Labute approximate surface area is 124 Å². The first-order valence-corrected chi connectivity index (χ1v) is 7.71. The number of hydrogen-bond acceptors (Lipinski definition) is 4. The number of benzene rings is 2. The summed E-state index contributed by atoms with van der Waals surface area (Å²) in [6, 6.07) is 11.1. The van der Waals surface area contributed by atoms with E-state index in [0.717, 1.165) is 11.1 Å². The van der Waals surface area contributed by atoms with Crippen LogP contribution in [0.5, 0.6) is 0 Å². The minimum Gasteiger partial charge on any atom is -0.399 e. The molecular weight excluding hydrogens is 286 g/mol. The lowest BCUT2D eigenvalue weighted by Crippen LogP contribution is -2.14. The summed E-state index contributed by atoms with van der Waals surface area (Å²) in [6.07, 6.45) is 0. The van der Waals surface area contributed by atoms with Gasteiger partial charge >= 0.3 is 0 Å². The molecule has 0 heterocycles. The molecule has 0 aliphatic heterocycles. The molecule has 0 saturated heterocycles. The standard InChI is InChI=1S/C15H15N3O2S/c1-10-8-15(11(2)7-14(10)17)18-21(19,20)13-5-3-12(9-16)4-6-13/h3-8,18H,17H2,1-2H3. The summed E-state index contributed by atoms with van der Waals surface area (Å²) in [7, 11) is -3.69. The molecule has 0 spiro atoms. The van der Waals surface area contributed by atoms with E-state index in [4.69, 9.17) is 11.0 Å². The number of nitriles is 1. The van der Waals surface area contributed by atoms with Crippen molar-refractivity contribution in [3.8, 4) is 6.07 Å². The molecule has 0 aliphatic rings. The highest BCUT2D eigenvalue weighted by atomic mass is 32.2. The van der Waals surface area contributed by atoms with Crippen molar-refractivity contribution in [1.29, 1.82) is 5.26 Å². The Balaban J connectivity index is 2.37. The number of nitrogens with two attached hydrogens (primary N) is 1. The van der Waals surface area contributed by atoms with Crippen molar-refractivity contribution in [1.82, 2.24) is 0 Å². The Morgan fingerprint density at radius 1 is 1.10 bits per heavy atom. The zero-order valence-corrected chi connectivity index (χ0v) is 12.5. The number of aryl methyl sites for hydroxylation is 2. The summed E-state index contributed by atoms with van der Waals surface area (Å²) in [6.45, 7) is 3.60.